The molecule has 27 heavy (non-hydrogen) atoms. The fourth-order valence-corrected chi connectivity index (χ4v) is 3.55. The summed E-state index contributed by atoms with van der Waals surface area (Å²) in [6.07, 6.45) is 2.31. The standard InChI is InChI=1S/C21H29NO5/c1-21(2,3)27-20(26)22-17(13-14-9-5-4-6-10-14)18(23)15-11-7-8-12-16(15)19(24)25/h4-6,9-10,15-17H,7-8,11-13H2,1-3H3,(H,22,26)(H,24,25)/t15?,16?,17-/m0/s1. The fourth-order valence-electron chi connectivity index (χ4n) is 3.55. The number of carbonyl (C=O) groups excluding carboxylic acids is 2. The van der Waals surface area contributed by atoms with E-state index in [1.54, 1.807) is 20.8 Å². The zero-order chi connectivity index (χ0) is 20.0. The number of amides is 1. The summed E-state index contributed by atoms with van der Waals surface area (Å²) >= 11 is 0. The first-order valence-corrected chi connectivity index (χ1v) is 9.47. The molecule has 1 fully saturated rings. The lowest BCUT2D eigenvalue weighted by Crippen LogP contribution is -2.49. The fraction of sp³-hybridized carbons (Fsp3) is 0.571. The molecule has 2 rings (SSSR count). The van der Waals surface area contributed by atoms with E-state index in [4.69, 9.17) is 4.74 Å². The van der Waals surface area contributed by atoms with Crippen LogP contribution in [0.15, 0.2) is 30.3 Å². The van der Waals surface area contributed by atoms with Gasteiger partial charge in [0.2, 0.25) is 0 Å². The summed E-state index contributed by atoms with van der Waals surface area (Å²) in [4.78, 5) is 37.0. The third kappa shape index (κ3) is 6.38. The van der Waals surface area contributed by atoms with Crippen LogP contribution in [-0.4, -0.2) is 34.6 Å². The van der Waals surface area contributed by atoms with Crippen molar-refractivity contribution in [3.8, 4) is 0 Å². The van der Waals surface area contributed by atoms with Crippen LogP contribution in [0.25, 0.3) is 0 Å². The van der Waals surface area contributed by atoms with E-state index in [1.165, 1.54) is 0 Å². The van der Waals surface area contributed by atoms with Gasteiger partial charge in [0.1, 0.15) is 5.60 Å². The Kier molecular flexibility index (Phi) is 6.99. The molecule has 0 bridgehead atoms. The lowest BCUT2D eigenvalue weighted by molar-refractivity contribution is -0.148. The number of nitrogens with one attached hydrogen (secondary N) is 1. The first-order valence-electron chi connectivity index (χ1n) is 9.47. The van der Waals surface area contributed by atoms with Gasteiger partial charge in [0, 0.05) is 5.92 Å². The molecule has 3 atom stereocenters. The number of hydrogen-bond donors (Lipinski definition) is 2. The average molecular weight is 375 g/mol. The number of ether oxygens (including phenoxy) is 1. The Morgan fingerprint density at radius 1 is 1.11 bits per heavy atom. The zero-order valence-electron chi connectivity index (χ0n) is 16.2. The van der Waals surface area contributed by atoms with Crippen molar-refractivity contribution in [3.63, 3.8) is 0 Å². The maximum absolute atomic E-state index is 13.2. The van der Waals surface area contributed by atoms with Gasteiger partial charge >= 0.3 is 12.1 Å². The molecule has 0 aliphatic heterocycles. The number of carbonyl (C=O) groups is 3. The molecule has 148 valence electrons. The van der Waals surface area contributed by atoms with E-state index in [0.717, 1.165) is 18.4 Å². The van der Waals surface area contributed by atoms with Crippen molar-refractivity contribution in [2.75, 3.05) is 0 Å². The Balaban J connectivity index is 2.20. The van der Waals surface area contributed by atoms with Gasteiger partial charge in [0.05, 0.1) is 12.0 Å². The maximum atomic E-state index is 13.2. The van der Waals surface area contributed by atoms with Crippen molar-refractivity contribution < 1.29 is 24.2 Å². The molecule has 1 saturated carbocycles. The van der Waals surface area contributed by atoms with Crippen LogP contribution in [0.5, 0.6) is 0 Å². The smallest absolute Gasteiger partial charge is 0.408 e. The van der Waals surface area contributed by atoms with Gasteiger partial charge in [-0.15, -0.1) is 0 Å². The van der Waals surface area contributed by atoms with Crippen molar-refractivity contribution in [2.24, 2.45) is 11.8 Å². The molecule has 1 aromatic rings. The summed E-state index contributed by atoms with van der Waals surface area (Å²) in [6.45, 7) is 5.26. The maximum Gasteiger partial charge on any atom is 0.408 e. The van der Waals surface area contributed by atoms with Crippen molar-refractivity contribution in [3.05, 3.63) is 35.9 Å². The number of carboxylic acids is 1. The van der Waals surface area contributed by atoms with Gasteiger partial charge in [-0.05, 0) is 45.6 Å². The summed E-state index contributed by atoms with van der Waals surface area (Å²) in [5, 5.41) is 12.2. The summed E-state index contributed by atoms with van der Waals surface area (Å²) in [7, 11) is 0. The van der Waals surface area contributed by atoms with Gasteiger partial charge in [-0.1, -0.05) is 43.2 Å². The molecular weight excluding hydrogens is 346 g/mol. The van der Waals surface area contributed by atoms with E-state index in [2.05, 4.69) is 5.32 Å². The molecule has 0 aromatic heterocycles. The van der Waals surface area contributed by atoms with Gasteiger partial charge in [0.15, 0.2) is 5.78 Å². The van der Waals surface area contributed by atoms with Crippen LogP contribution >= 0.6 is 0 Å². The van der Waals surface area contributed by atoms with Gasteiger partial charge in [-0.25, -0.2) is 4.79 Å². The van der Waals surface area contributed by atoms with E-state index in [-0.39, 0.29) is 5.78 Å². The number of hydrogen-bond acceptors (Lipinski definition) is 4. The number of alkyl carbamates (subject to hydrolysis) is 1. The van der Waals surface area contributed by atoms with Gasteiger partial charge in [0.25, 0.3) is 0 Å². The molecule has 0 spiro atoms. The third-order valence-electron chi connectivity index (χ3n) is 4.77. The summed E-state index contributed by atoms with van der Waals surface area (Å²) < 4.78 is 5.30. The third-order valence-corrected chi connectivity index (χ3v) is 4.77. The highest BCUT2D eigenvalue weighted by molar-refractivity contribution is 5.92. The number of aliphatic carboxylic acids is 1. The Labute approximate surface area is 160 Å². The molecule has 1 aliphatic rings. The van der Waals surface area contributed by atoms with E-state index < -0.39 is 35.5 Å². The van der Waals surface area contributed by atoms with Crippen molar-refractivity contribution >= 4 is 17.8 Å². The molecule has 6 nitrogen and oxygen atoms in total. The van der Waals surface area contributed by atoms with Crippen LogP contribution in [0.3, 0.4) is 0 Å². The van der Waals surface area contributed by atoms with Crippen LogP contribution in [-0.2, 0) is 20.7 Å². The number of carboxylic acid groups (broad SMARTS) is 1. The number of rotatable bonds is 6. The van der Waals surface area contributed by atoms with Crippen LogP contribution in [0.2, 0.25) is 0 Å². The first kappa shape index (κ1) is 20.9. The summed E-state index contributed by atoms with van der Waals surface area (Å²) in [5.41, 5.74) is 0.216. The van der Waals surface area contributed by atoms with E-state index in [1.807, 2.05) is 30.3 Å². The molecular formula is C21H29NO5. The number of Topliss-reactive ketones (excluding diaryl/α,β-unsaturated/α-hetero) is 1. The minimum Gasteiger partial charge on any atom is -0.481 e. The largest absolute Gasteiger partial charge is 0.481 e. The van der Waals surface area contributed by atoms with Crippen molar-refractivity contribution in [1.29, 1.82) is 0 Å². The Bertz CT molecular complexity index is 665. The van der Waals surface area contributed by atoms with Crippen LogP contribution in [0.4, 0.5) is 4.79 Å². The summed E-state index contributed by atoms with van der Waals surface area (Å²) in [6, 6.07) is 8.56. The average Bonchev–Trinajstić information content (AvgIpc) is 2.59. The van der Waals surface area contributed by atoms with E-state index in [9.17, 15) is 19.5 Å². The molecule has 2 unspecified atom stereocenters. The molecule has 0 saturated heterocycles. The highest BCUT2D eigenvalue weighted by Crippen LogP contribution is 2.32. The normalized spacial score (nSPS) is 21.1. The highest BCUT2D eigenvalue weighted by Gasteiger charge is 2.39. The quantitative estimate of drug-likeness (QED) is 0.793. The first-order chi connectivity index (χ1) is 12.7. The predicted octanol–water partition coefficient (Wildman–Crippen LogP) is 3.58. The molecule has 6 heteroatoms. The molecule has 0 heterocycles. The summed E-state index contributed by atoms with van der Waals surface area (Å²) in [5.74, 6) is -2.44. The molecule has 1 aromatic carbocycles. The lowest BCUT2D eigenvalue weighted by atomic mass is 9.74. The Morgan fingerprint density at radius 3 is 2.26 bits per heavy atom. The lowest BCUT2D eigenvalue weighted by Gasteiger charge is -2.31. The second-order valence-corrected chi connectivity index (χ2v) is 8.13. The minimum atomic E-state index is -0.941. The Hall–Kier alpha value is -2.37. The molecule has 1 aliphatic carbocycles. The molecule has 2 N–H and O–H groups in total. The number of ketones is 1. The molecule has 1 amide bonds. The molecule has 0 radical (unpaired) electrons. The van der Waals surface area contributed by atoms with Crippen LogP contribution < -0.4 is 5.32 Å². The predicted molar refractivity (Wildman–Crippen MR) is 101 cm³/mol. The van der Waals surface area contributed by atoms with Gasteiger partial charge in [-0.2, -0.15) is 0 Å². The second-order valence-electron chi connectivity index (χ2n) is 8.13. The van der Waals surface area contributed by atoms with Gasteiger partial charge < -0.3 is 15.2 Å². The topological polar surface area (TPSA) is 92.7 Å². The van der Waals surface area contributed by atoms with Crippen molar-refractivity contribution in [1.82, 2.24) is 5.32 Å². The number of benzene rings is 1. The van der Waals surface area contributed by atoms with E-state index in [0.29, 0.717) is 19.3 Å². The van der Waals surface area contributed by atoms with Crippen molar-refractivity contribution in [2.45, 2.75) is 64.5 Å². The minimum absolute atomic E-state index is 0.225. The monoisotopic (exact) mass is 375 g/mol. The van der Waals surface area contributed by atoms with Gasteiger partial charge in [-0.3, -0.25) is 9.59 Å². The van der Waals surface area contributed by atoms with Crippen LogP contribution in [0, 0.1) is 11.8 Å². The SMILES string of the molecule is CC(C)(C)OC(=O)N[C@@H](Cc1ccccc1)C(=O)C1CCCCC1C(=O)O. The van der Waals surface area contributed by atoms with Crippen LogP contribution in [0.1, 0.15) is 52.0 Å². The Morgan fingerprint density at radius 2 is 1.70 bits per heavy atom. The zero-order valence-corrected chi connectivity index (χ0v) is 16.2. The van der Waals surface area contributed by atoms with E-state index >= 15 is 0 Å². The second kappa shape index (κ2) is 9.02. The highest BCUT2D eigenvalue weighted by atomic mass is 16.6.